The van der Waals surface area contributed by atoms with Crippen LogP contribution < -0.4 is 0 Å². The van der Waals surface area contributed by atoms with Gasteiger partial charge in [0, 0.05) is 27.1 Å². The van der Waals surface area contributed by atoms with Crippen molar-refractivity contribution in [2.75, 3.05) is 0 Å². The van der Waals surface area contributed by atoms with Crippen molar-refractivity contribution < 1.29 is 4.42 Å². The van der Waals surface area contributed by atoms with E-state index < -0.39 is 0 Å². The molecule has 3 heteroatoms. The SMILES string of the molecule is c1cc(-c2cccc3ccccc23)nc(-n2c3ccccc3c3cc(-c4ccc5oc6ccccc6c5c4)ccc32)c1. The van der Waals surface area contributed by atoms with Crippen molar-refractivity contribution >= 4 is 54.5 Å². The number of hydrogen-bond donors (Lipinski definition) is 0. The predicted octanol–water partition coefficient (Wildman–Crippen LogP) is 10.6. The topological polar surface area (TPSA) is 31.0 Å². The molecule has 3 nitrogen and oxygen atoms in total. The highest BCUT2D eigenvalue weighted by atomic mass is 16.3. The van der Waals surface area contributed by atoms with E-state index >= 15 is 0 Å². The molecular formula is C39H24N2O. The van der Waals surface area contributed by atoms with Crippen LogP contribution in [0.3, 0.4) is 0 Å². The van der Waals surface area contributed by atoms with Crippen LogP contribution >= 0.6 is 0 Å². The number of para-hydroxylation sites is 2. The van der Waals surface area contributed by atoms with Gasteiger partial charge in [0.15, 0.2) is 0 Å². The van der Waals surface area contributed by atoms with Crippen LogP contribution in [0.2, 0.25) is 0 Å². The summed E-state index contributed by atoms with van der Waals surface area (Å²) in [5, 5.41) is 7.12. The summed E-state index contributed by atoms with van der Waals surface area (Å²) < 4.78 is 8.37. The molecule has 9 aromatic rings. The molecule has 42 heavy (non-hydrogen) atoms. The Balaban J connectivity index is 1.23. The van der Waals surface area contributed by atoms with Crippen LogP contribution in [-0.4, -0.2) is 9.55 Å². The molecule has 0 radical (unpaired) electrons. The largest absolute Gasteiger partial charge is 0.456 e. The van der Waals surface area contributed by atoms with Crippen LogP contribution in [0.1, 0.15) is 0 Å². The first-order valence-corrected chi connectivity index (χ1v) is 14.2. The minimum atomic E-state index is 0.908. The Morgan fingerprint density at radius 3 is 2.05 bits per heavy atom. The third-order valence-electron chi connectivity index (χ3n) is 8.41. The molecule has 6 aromatic carbocycles. The molecule has 0 aliphatic carbocycles. The lowest BCUT2D eigenvalue weighted by Gasteiger charge is -2.11. The molecule has 3 heterocycles. The molecule has 0 amide bonds. The third kappa shape index (κ3) is 3.44. The van der Waals surface area contributed by atoms with Crippen molar-refractivity contribution in [3.63, 3.8) is 0 Å². The van der Waals surface area contributed by atoms with Gasteiger partial charge in [0.2, 0.25) is 0 Å². The van der Waals surface area contributed by atoms with Gasteiger partial charge < -0.3 is 4.42 Å². The number of rotatable bonds is 3. The second-order valence-electron chi connectivity index (χ2n) is 10.8. The minimum Gasteiger partial charge on any atom is -0.456 e. The number of aromatic nitrogens is 2. The second-order valence-corrected chi connectivity index (χ2v) is 10.8. The maximum Gasteiger partial charge on any atom is 0.138 e. The molecule has 0 bridgehead atoms. The quantitative estimate of drug-likeness (QED) is 0.225. The zero-order valence-electron chi connectivity index (χ0n) is 22.7. The van der Waals surface area contributed by atoms with E-state index in [1.807, 2.05) is 12.1 Å². The predicted molar refractivity (Wildman–Crippen MR) is 174 cm³/mol. The Kier molecular flexibility index (Phi) is 4.90. The lowest BCUT2D eigenvalue weighted by molar-refractivity contribution is 0.669. The first-order chi connectivity index (χ1) is 20.8. The van der Waals surface area contributed by atoms with E-state index in [-0.39, 0.29) is 0 Å². The summed E-state index contributed by atoms with van der Waals surface area (Å²) >= 11 is 0. The fraction of sp³-hybridized carbons (Fsp3) is 0. The standard InChI is InChI=1S/C39H24N2O/c1-2-11-28-25(9-1)10-7-14-29(28)34-15-8-18-39(40-34)41-35-16-5-3-12-30(35)32-23-26(19-21-36(32)41)27-20-22-38-33(24-27)31-13-4-6-17-37(31)42-38/h1-24H. The zero-order valence-corrected chi connectivity index (χ0v) is 22.7. The first kappa shape index (κ1) is 23.1. The summed E-state index contributed by atoms with van der Waals surface area (Å²) in [6, 6.07) is 51.3. The summed E-state index contributed by atoms with van der Waals surface area (Å²) in [4.78, 5) is 5.23. The maximum atomic E-state index is 6.08. The first-order valence-electron chi connectivity index (χ1n) is 14.2. The van der Waals surface area contributed by atoms with E-state index in [0.717, 1.165) is 50.0 Å². The average Bonchev–Trinajstić information content (AvgIpc) is 3.59. The summed E-state index contributed by atoms with van der Waals surface area (Å²) in [6.45, 7) is 0. The van der Waals surface area contributed by atoms with E-state index in [1.54, 1.807) is 0 Å². The van der Waals surface area contributed by atoms with Crippen molar-refractivity contribution in [1.29, 1.82) is 0 Å². The Morgan fingerprint density at radius 2 is 1.12 bits per heavy atom. The number of furan rings is 1. The van der Waals surface area contributed by atoms with Gasteiger partial charge in [-0.3, -0.25) is 4.57 Å². The minimum absolute atomic E-state index is 0.908. The van der Waals surface area contributed by atoms with Crippen molar-refractivity contribution in [2.45, 2.75) is 0 Å². The van der Waals surface area contributed by atoms with Gasteiger partial charge in [-0.1, -0.05) is 97.1 Å². The van der Waals surface area contributed by atoms with Gasteiger partial charge in [-0.2, -0.15) is 0 Å². The molecular weight excluding hydrogens is 512 g/mol. The Bertz CT molecular complexity index is 2470. The lowest BCUT2D eigenvalue weighted by Crippen LogP contribution is -1.98. The van der Waals surface area contributed by atoms with Crippen molar-refractivity contribution in [3.8, 4) is 28.2 Å². The average molecular weight is 537 g/mol. The van der Waals surface area contributed by atoms with Crippen molar-refractivity contribution in [3.05, 3.63) is 146 Å². The molecule has 0 N–H and O–H groups in total. The molecule has 9 rings (SSSR count). The summed E-state index contributed by atoms with van der Waals surface area (Å²) in [5.41, 5.74) is 8.56. The van der Waals surface area contributed by atoms with Gasteiger partial charge in [-0.05, 0) is 70.4 Å². The van der Waals surface area contributed by atoms with Gasteiger partial charge in [-0.25, -0.2) is 4.98 Å². The molecule has 0 saturated heterocycles. The molecule has 0 unspecified atom stereocenters. The van der Waals surface area contributed by atoms with Crippen LogP contribution in [0.25, 0.3) is 82.7 Å². The highest BCUT2D eigenvalue weighted by molar-refractivity contribution is 6.11. The van der Waals surface area contributed by atoms with Gasteiger partial charge in [0.25, 0.3) is 0 Å². The summed E-state index contributed by atoms with van der Waals surface area (Å²) in [5.74, 6) is 0.908. The number of benzene rings is 6. The Labute approximate surface area is 241 Å². The lowest BCUT2D eigenvalue weighted by atomic mass is 10.0. The van der Waals surface area contributed by atoms with Gasteiger partial charge in [0.05, 0.1) is 16.7 Å². The van der Waals surface area contributed by atoms with E-state index in [4.69, 9.17) is 9.40 Å². The zero-order chi connectivity index (χ0) is 27.6. The van der Waals surface area contributed by atoms with Crippen LogP contribution in [0.4, 0.5) is 0 Å². The molecule has 0 fully saturated rings. The number of pyridine rings is 1. The summed E-state index contributed by atoms with van der Waals surface area (Å²) in [6.07, 6.45) is 0. The monoisotopic (exact) mass is 536 g/mol. The van der Waals surface area contributed by atoms with E-state index in [2.05, 4.69) is 138 Å². The molecule has 0 aliphatic rings. The maximum absolute atomic E-state index is 6.08. The van der Waals surface area contributed by atoms with E-state index in [9.17, 15) is 0 Å². The fourth-order valence-electron chi connectivity index (χ4n) is 6.45. The van der Waals surface area contributed by atoms with Crippen LogP contribution in [0, 0.1) is 0 Å². The Hall–Kier alpha value is -5.67. The third-order valence-corrected chi connectivity index (χ3v) is 8.41. The summed E-state index contributed by atoms with van der Waals surface area (Å²) in [7, 11) is 0. The van der Waals surface area contributed by atoms with Crippen LogP contribution in [0.5, 0.6) is 0 Å². The smallest absolute Gasteiger partial charge is 0.138 e. The number of fused-ring (bicyclic) bond motifs is 7. The molecule has 3 aromatic heterocycles. The molecule has 196 valence electrons. The van der Waals surface area contributed by atoms with E-state index in [0.29, 0.717) is 0 Å². The van der Waals surface area contributed by atoms with Gasteiger partial charge in [-0.15, -0.1) is 0 Å². The van der Waals surface area contributed by atoms with Crippen LogP contribution in [-0.2, 0) is 0 Å². The second kappa shape index (κ2) is 8.92. The molecule has 0 spiro atoms. The molecule has 0 atom stereocenters. The fourth-order valence-corrected chi connectivity index (χ4v) is 6.45. The highest BCUT2D eigenvalue weighted by Crippen LogP contribution is 2.37. The Morgan fingerprint density at radius 1 is 0.452 bits per heavy atom. The van der Waals surface area contributed by atoms with E-state index in [1.165, 1.54) is 32.7 Å². The van der Waals surface area contributed by atoms with Crippen molar-refractivity contribution in [1.82, 2.24) is 9.55 Å². The molecule has 0 aliphatic heterocycles. The molecule has 0 saturated carbocycles. The number of hydrogen-bond acceptors (Lipinski definition) is 2. The number of nitrogens with zero attached hydrogens (tertiary/aromatic N) is 2. The van der Waals surface area contributed by atoms with Gasteiger partial charge in [0.1, 0.15) is 17.0 Å². The van der Waals surface area contributed by atoms with Gasteiger partial charge >= 0.3 is 0 Å². The van der Waals surface area contributed by atoms with Crippen LogP contribution in [0.15, 0.2) is 150 Å². The van der Waals surface area contributed by atoms with Crippen molar-refractivity contribution in [2.24, 2.45) is 0 Å². The normalized spacial score (nSPS) is 11.8. The highest BCUT2D eigenvalue weighted by Gasteiger charge is 2.16.